The SMILES string of the molecule is CN(CCC(Oc1ccc(C(F)(F)c2ccc(C3CCCCC3)cc2)cc1)c1ccccc1)CC(=O)O. The monoisotopic (exact) mass is 507 g/mol. The zero-order chi connectivity index (χ0) is 26.3. The van der Waals surface area contributed by atoms with E-state index in [2.05, 4.69) is 0 Å². The summed E-state index contributed by atoms with van der Waals surface area (Å²) in [5.74, 6) is -3.03. The molecule has 196 valence electrons. The molecule has 0 radical (unpaired) electrons. The van der Waals surface area contributed by atoms with Gasteiger partial charge in [0.15, 0.2) is 0 Å². The lowest BCUT2D eigenvalue weighted by Crippen LogP contribution is -2.28. The quantitative estimate of drug-likeness (QED) is 0.294. The van der Waals surface area contributed by atoms with E-state index < -0.39 is 11.9 Å². The zero-order valence-electron chi connectivity index (χ0n) is 21.3. The number of alkyl halides is 2. The Hall–Kier alpha value is -3.25. The van der Waals surface area contributed by atoms with E-state index in [0.29, 0.717) is 24.6 Å². The maximum absolute atomic E-state index is 15.3. The summed E-state index contributed by atoms with van der Waals surface area (Å²) in [6.07, 6.45) is 6.17. The van der Waals surface area contributed by atoms with Crippen LogP contribution in [-0.2, 0) is 10.7 Å². The van der Waals surface area contributed by atoms with Gasteiger partial charge in [-0.15, -0.1) is 0 Å². The Kier molecular flexibility index (Phi) is 8.93. The number of halogens is 2. The zero-order valence-corrected chi connectivity index (χ0v) is 21.3. The van der Waals surface area contributed by atoms with E-state index in [1.165, 1.54) is 31.4 Å². The van der Waals surface area contributed by atoms with Gasteiger partial charge in [-0.1, -0.05) is 73.9 Å². The number of carboxylic acids is 1. The molecular formula is C31H35F2NO3. The molecule has 0 bridgehead atoms. The molecule has 0 aliphatic heterocycles. The topological polar surface area (TPSA) is 49.8 Å². The molecule has 3 aromatic rings. The minimum atomic E-state index is -3.11. The van der Waals surface area contributed by atoms with Gasteiger partial charge >= 0.3 is 5.97 Å². The van der Waals surface area contributed by atoms with E-state index in [1.54, 1.807) is 36.2 Å². The second kappa shape index (κ2) is 12.3. The summed E-state index contributed by atoms with van der Waals surface area (Å²) in [5.41, 5.74) is 2.01. The fraction of sp³-hybridized carbons (Fsp3) is 0.387. The molecule has 1 N–H and O–H groups in total. The molecule has 0 heterocycles. The van der Waals surface area contributed by atoms with Crippen LogP contribution in [0.3, 0.4) is 0 Å². The summed E-state index contributed by atoms with van der Waals surface area (Å²) in [6.45, 7) is 0.450. The molecule has 6 heteroatoms. The predicted octanol–water partition coefficient (Wildman–Crippen LogP) is 7.40. The Bertz CT molecular complexity index is 1130. The van der Waals surface area contributed by atoms with E-state index in [-0.39, 0.29) is 23.8 Å². The van der Waals surface area contributed by atoms with Crippen LogP contribution >= 0.6 is 0 Å². The molecule has 0 amide bonds. The van der Waals surface area contributed by atoms with Crippen LogP contribution in [0, 0.1) is 0 Å². The van der Waals surface area contributed by atoms with Crippen molar-refractivity contribution in [3.8, 4) is 5.75 Å². The Morgan fingerprint density at radius 1 is 0.946 bits per heavy atom. The molecule has 0 spiro atoms. The van der Waals surface area contributed by atoms with Gasteiger partial charge in [-0.3, -0.25) is 9.69 Å². The second-order valence-corrected chi connectivity index (χ2v) is 9.99. The van der Waals surface area contributed by atoms with E-state index in [1.807, 2.05) is 42.5 Å². The van der Waals surface area contributed by atoms with Crippen LogP contribution in [0.1, 0.15) is 72.8 Å². The van der Waals surface area contributed by atoms with Gasteiger partial charge in [-0.2, -0.15) is 8.78 Å². The molecule has 37 heavy (non-hydrogen) atoms. The lowest BCUT2D eigenvalue weighted by Gasteiger charge is -2.24. The van der Waals surface area contributed by atoms with Crippen molar-refractivity contribution in [3.63, 3.8) is 0 Å². The minimum Gasteiger partial charge on any atom is -0.486 e. The van der Waals surface area contributed by atoms with Crippen molar-refractivity contribution in [2.45, 2.75) is 56.5 Å². The van der Waals surface area contributed by atoms with Crippen molar-refractivity contribution >= 4 is 5.97 Å². The van der Waals surface area contributed by atoms with Crippen LogP contribution < -0.4 is 4.74 Å². The number of aliphatic carboxylic acids is 1. The van der Waals surface area contributed by atoms with Gasteiger partial charge in [-0.25, -0.2) is 0 Å². The van der Waals surface area contributed by atoms with Crippen LogP contribution in [0.4, 0.5) is 8.78 Å². The highest BCUT2D eigenvalue weighted by molar-refractivity contribution is 5.69. The van der Waals surface area contributed by atoms with Gasteiger partial charge in [-0.05, 0) is 61.2 Å². The lowest BCUT2D eigenvalue weighted by atomic mass is 9.83. The van der Waals surface area contributed by atoms with Crippen LogP contribution in [0.25, 0.3) is 0 Å². The van der Waals surface area contributed by atoms with E-state index in [4.69, 9.17) is 9.84 Å². The van der Waals surface area contributed by atoms with Crippen LogP contribution in [-0.4, -0.2) is 36.1 Å². The van der Waals surface area contributed by atoms with Gasteiger partial charge in [0.2, 0.25) is 0 Å². The van der Waals surface area contributed by atoms with Crippen molar-refractivity contribution < 1.29 is 23.4 Å². The van der Waals surface area contributed by atoms with Crippen molar-refractivity contribution in [3.05, 3.63) is 101 Å². The first-order valence-electron chi connectivity index (χ1n) is 13.0. The van der Waals surface area contributed by atoms with Gasteiger partial charge in [0, 0.05) is 24.1 Å². The Balaban J connectivity index is 1.45. The van der Waals surface area contributed by atoms with Gasteiger partial charge in [0.1, 0.15) is 11.9 Å². The molecule has 1 aliphatic carbocycles. The molecule has 1 atom stereocenters. The Morgan fingerprint density at radius 2 is 1.54 bits per heavy atom. The molecule has 3 aromatic carbocycles. The van der Waals surface area contributed by atoms with Crippen LogP contribution in [0.2, 0.25) is 0 Å². The third-order valence-electron chi connectivity index (χ3n) is 7.19. The maximum atomic E-state index is 15.3. The number of nitrogens with zero attached hydrogens (tertiary/aromatic N) is 1. The van der Waals surface area contributed by atoms with E-state index in [9.17, 15) is 4.79 Å². The van der Waals surface area contributed by atoms with Gasteiger partial charge in [0.05, 0.1) is 6.54 Å². The summed E-state index contributed by atoms with van der Waals surface area (Å²) in [5, 5.41) is 9.01. The molecule has 0 saturated heterocycles. The standard InChI is InChI=1S/C31H35F2NO3/c1-34(22-30(35)36)21-20-29(25-10-6-3-7-11-25)37-28-18-16-27(17-19-28)31(32,33)26-14-12-24(13-15-26)23-8-4-2-5-9-23/h3,6-7,10-19,23,29H,2,4-5,8-9,20-22H2,1H3,(H,35,36). The highest BCUT2D eigenvalue weighted by Gasteiger charge is 2.34. The van der Waals surface area contributed by atoms with Crippen molar-refractivity contribution in [2.24, 2.45) is 0 Å². The second-order valence-electron chi connectivity index (χ2n) is 9.99. The van der Waals surface area contributed by atoms with E-state index >= 15 is 8.78 Å². The van der Waals surface area contributed by atoms with Gasteiger partial charge in [0.25, 0.3) is 5.92 Å². The molecule has 0 aromatic heterocycles. The third-order valence-corrected chi connectivity index (χ3v) is 7.19. The molecule has 4 rings (SSSR count). The molecular weight excluding hydrogens is 472 g/mol. The summed E-state index contributed by atoms with van der Waals surface area (Å²) >= 11 is 0. The number of likely N-dealkylation sites (N-methyl/N-ethyl adjacent to an activating group) is 1. The molecule has 1 saturated carbocycles. The smallest absolute Gasteiger partial charge is 0.317 e. The summed E-state index contributed by atoms with van der Waals surface area (Å²) < 4.78 is 36.9. The van der Waals surface area contributed by atoms with Gasteiger partial charge < -0.3 is 9.84 Å². The largest absolute Gasteiger partial charge is 0.486 e. The van der Waals surface area contributed by atoms with Crippen LogP contribution in [0.5, 0.6) is 5.75 Å². The number of benzene rings is 3. The predicted molar refractivity (Wildman–Crippen MR) is 141 cm³/mol. The van der Waals surface area contributed by atoms with Crippen LogP contribution in [0.15, 0.2) is 78.9 Å². The Morgan fingerprint density at radius 3 is 2.14 bits per heavy atom. The molecule has 1 fully saturated rings. The number of carboxylic acid groups (broad SMARTS) is 1. The summed E-state index contributed by atoms with van der Waals surface area (Å²) in [4.78, 5) is 12.7. The first kappa shape index (κ1) is 26.8. The van der Waals surface area contributed by atoms with E-state index in [0.717, 1.165) is 24.0 Å². The number of carbonyl (C=O) groups is 1. The maximum Gasteiger partial charge on any atom is 0.317 e. The number of hydrogen-bond donors (Lipinski definition) is 1. The highest BCUT2D eigenvalue weighted by atomic mass is 19.3. The molecule has 1 unspecified atom stereocenters. The fourth-order valence-corrected chi connectivity index (χ4v) is 5.08. The molecule has 4 nitrogen and oxygen atoms in total. The fourth-order valence-electron chi connectivity index (χ4n) is 5.08. The summed E-state index contributed by atoms with van der Waals surface area (Å²) in [6, 6.07) is 22.5. The molecule has 1 aliphatic rings. The summed E-state index contributed by atoms with van der Waals surface area (Å²) in [7, 11) is 1.74. The average Bonchev–Trinajstić information content (AvgIpc) is 2.92. The lowest BCUT2D eigenvalue weighted by molar-refractivity contribution is -0.138. The normalized spacial score (nSPS) is 15.5. The average molecular weight is 508 g/mol. The first-order valence-corrected chi connectivity index (χ1v) is 13.0. The van der Waals surface area contributed by atoms with Crippen molar-refractivity contribution in [2.75, 3.05) is 20.1 Å². The third kappa shape index (κ3) is 7.16. The van der Waals surface area contributed by atoms with Crippen molar-refractivity contribution in [1.82, 2.24) is 4.90 Å². The number of ether oxygens (including phenoxy) is 1. The minimum absolute atomic E-state index is 0.00985. The van der Waals surface area contributed by atoms with Crippen molar-refractivity contribution in [1.29, 1.82) is 0 Å². The first-order chi connectivity index (χ1) is 17.8. The number of hydrogen-bond acceptors (Lipinski definition) is 3. The Labute approximate surface area is 217 Å². The highest BCUT2D eigenvalue weighted by Crippen LogP contribution is 2.39. The number of rotatable bonds is 11.